The van der Waals surface area contributed by atoms with Crippen LogP contribution < -0.4 is 10.6 Å². The third-order valence-electron chi connectivity index (χ3n) is 4.96. The van der Waals surface area contributed by atoms with Crippen LogP contribution in [0.1, 0.15) is 49.4 Å². The molecule has 1 aromatic carbocycles. The minimum atomic E-state index is 0.378. The molecule has 1 fully saturated rings. The lowest BCUT2D eigenvalue weighted by Gasteiger charge is -2.31. The van der Waals surface area contributed by atoms with Crippen molar-refractivity contribution in [2.24, 2.45) is 0 Å². The van der Waals surface area contributed by atoms with Crippen molar-refractivity contribution in [3.63, 3.8) is 0 Å². The van der Waals surface area contributed by atoms with E-state index in [9.17, 15) is 0 Å². The van der Waals surface area contributed by atoms with Crippen molar-refractivity contribution in [1.29, 1.82) is 0 Å². The smallest absolute Gasteiger partial charge is 0.200 e. The van der Waals surface area contributed by atoms with Gasteiger partial charge < -0.3 is 15.6 Å². The summed E-state index contributed by atoms with van der Waals surface area (Å²) in [6.07, 6.45) is 5.09. The standard InChI is InChI=1S/C20H25N5/c1-2-10-23-20-24-16-9-12-22-19(16)18(25-20)15-8-11-21-17(13-15)14-6-4-3-5-7-14/h3-7,9,12,15,17,21H,2,8,10-11,13H2,1H3,(H2,23,24,25). The van der Waals surface area contributed by atoms with Gasteiger partial charge >= 0.3 is 0 Å². The summed E-state index contributed by atoms with van der Waals surface area (Å²) < 4.78 is 0. The summed E-state index contributed by atoms with van der Waals surface area (Å²) in [4.78, 5) is 12.8. The number of benzene rings is 1. The summed E-state index contributed by atoms with van der Waals surface area (Å²) in [5.41, 5.74) is 4.56. The van der Waals surface area contributed by atoms with Crippen LogP contribution in [0.4, 0.5) is 5.95 Å². The average molecular weight is 335 g/mol. The minimum absolute atomic E-state index is 0.378. The van der Waals surface area contributed by atoms with Gasteiger partial charge in [0.15, 0.2) is 0 Å². The molecule has 0 amide bonds. The van der Waals surface area contributed by atoms with Gasteiger partial charge in [0.05, 0.1) is 11.4 Å². The predicted molar refractivity (Wildman–Crippen MR) is 101 cm³/mol. The van der Waals surface area contributed by atoms with Crippen molar-refractivity contribution >= 4 is 5.95 Å². The van der Waals surface area contributed by atoms with Gasteiger partial charge in [-0.1, -0.05) is 37.3 Å². The Morgan fingerprint density at radius 2 is 2.08 bits per heavy atom. The van der Waals surface area contributed by atoms with E-state index >= 15 is 0 Å². The third kappa shape index (κ3) is 3.37. The van der Waals surface area contributed by atoms with Crippen molar-refractivity contribution in [3.8, 4) is 11.4 Å². The van der Waals surface area contributed by atoms with Crippen molar-refractivity contribution < 1.29 is 0 Å². The van der Waals surface area contributed by atoms with Gasteiger partial charge in [0.25, 0.3) is 0 Å². The van der Waals surface area contributed by atoms with Gasteiger partial charge in [-0.25, -0.2) is 4.98 Å². The molecule has 0 saturated carbocycles. The summed E-state index contributed by atoms with van der Waals surface area (Å²) in [5, 5.41) is 7.04. The summed E-state index contributed by atoms with van der Waals surface area (Å²) in [7, 11) is 0. The highest BCUT2D eigenvalue weighted by atomic mass is 15.1. The largest absolute Gasteiger partial charge is 0.356 e. The average Bonchev–Trinajstić information content (AvgIpc) is 3.15. The second-order valence-corrected chi connectivity index (χ2v) is 6.74. The highest BCUT2D eigenvalue weighted by Crippen LogP contribution is 2.37. The Morgan fingerprint density at radius 1 is 1.20 bits per heavy atom. The van der Waals surface area contributed by atoms with Crippen LogP contribution in [0.15, 0.2) is 42.6 Å². The van der Waals surface area contributed by atoms with Gasteiger partial charge in [0.1, 0.15) is 5.69 Å². The number of anilines is 1. The Hall–Kier alpha value is -2.40. The topological polar surface area (TPSA) is 65.6 Å². The SMILES string of the molecule is CCCNc1nc(C2CCNC(c3ccccc3)C2)c2nccc-2[nH]1. The molecule has 25 heavy (non-hydrogen) atoms. The third-order valence-corrected chi connectivity index (χ3v) is 4.96. The van der Waals surface area contributed by atoms with Crippen LogP contribution in [0.3, 0.4) is 0 Å². The molecule has 1 saturated heterocycles. The molecule has 0 bridgehead atoms. The number of aromatic amines is 1. The molecular formula is C20H25N5. The number of aromatic nitrogens is 3. The first-order valence-electron chi connectivity index (χ1n) is 9.22. The van der Waals surface area contributed by atoms with Crippen molar-refractivity contribution in [1.82, 2.24) is 20.3 Å². The maximum atomic E-state index is 4.91. The van der Waals surface area contributed by atoms with E-state index in [1.807, 2.05) is 12.3 Å². The van der Waals surface area contributed by atoms with Crippen molar-refractivity contribution in [2.75, 3.05) is 18.4 Å². The second-order valence-electron chi connectivity index (χ2n) is 6.74. The lowest BCUT2D eigenvalue weighted by molar-refractivity contribution is 0.365. The molecule has 0 spiro atoms. The number of rotatable bonds is 5. The summed E-state index contributed by atoms with van der Waals surface area (Å²) in [6.45, 7) is 4.08. The lowest BCUT2D eigenvalue weighted by atomic mass is 9.85. The molecule has 2 unspecified atom stereocenters. The Labute approximate surface area is 148 Å². The molecule has 1 aromatic rings. The zero-order valence-electron chi connectivity index (χ0n) is 14.6. The normalized spacial score (nSPS) is 20.7. The first-order chi connectivity index (χ1) is 12.3. The molecule has 5 heteroatoms. The summed E-state index contributed by atoms with van der Waals surface area (Å²) in [5.74, 6) is 1.27. The van der Waals surface area contributed by atoms with Crippen LogP contribution in [0, 0.1) is 0 Å². The van der Waals surface area contributed by atoms with Crippen LogP contribution in [0.25, 0.3) is 11.4 Å². The number of hydrogen-bond acceptors (Lipinski definition) is 4. The molecule has 3 heterocycles. The second kappa shape index (κ2) is 7.23. The van der Waals surface area contributed by atoms with Crippen molar-refractivity contribution in [3.05, 3.63) is 53.9 Å². The Balaban J connectivity index is 1.63. The molecule has 130 valence electrons. The van der Waals surface area contributed by atoms with Gasteiger partial charge in [-0.15, -0.1) is 0 Å². The van der Waals surface area contributed by atoms with E-state index in [0.29, 0.717) is 12.0 Å². The molecule has 0 aromatic heterocycles. The predicted octanol–water partition coefficient (Wildman–Crippen LogP) is 3.94. The molecule has 3 N–H and O–H groups in total. The molecule has 4 rings (SSSR count). The van der Waals surface area contributed by atoms with Crippen LogP contribution in [0.5, 0.6) is 0 Å². The van der Waals surface area contributed by atoms with Crippen LogP contribution in [-0.2, 0) is 0 Å². The van der Waals surface area contributed by atoms with Crippen LogP contribution >= 0.6 is 0 Å². The molecule has 0 radical (unpaired) electrons. The number of nitrogens with zero attached hydrogens (tertiary/aromatic N) is 2. The Kier molecular flexibility index (Phi) is 4.65. The lowest BCUT2D eigenvalue weighted by Crippen LogP contribution is -2.31. The van der Waals surface area contributed by atoms with Crippen molar-refractivity contribution in [2.45, 2.75) is 38.1 Å². The highest BCUT2D eigenvalue weighted by molar-refractivity contribution is 5.62. The van der Waals surface area contributed by atoms with Gasteiger partial charge in [-0.05, 0) is 37.4 Å². The molecule has 0 aliphatic carbocycles. The molecule has 2 atom stereocenters. The molecular weight excluding hydrogens is 310 g/mol. The number of nitrogens with one attached hydrogen (secondary N) is 3. The fraction of sp³-hybridized carbons (Fsp3) is 0.400. The minimum Gasteiger partial charge on any atom is -0.356 e. The van der Waals surface area contributed by atoms with Gasteiger partial charge in [-0.2, -0.15) is 0 Å². The maximum absolute atomic E-state index is 4.91. The number of H-pyrrole nitrogens is 1. The first-order valence-corrected chi connectivity index (χ1v) is 9.22. The van der Waals surface area contributed by atoms with E-state index < -0.39 is 0 Å². The fourth-order valence-electron chi connectivity index (χ4n) is 3.69. The van der Waals surface area contributed by atoms with Gasteiger partial charge in [0.2, 0.25) is 5.95 Å². The Morgan fingerprint density at radius 3 is 2.92 bits per heavy atom. The zero-order valence-corrected chi connectivity index (χ0v) is 14.6. The van der Waals surface area contributed by atoms with Crippen LogP contribution in [0.2, 0.25) is 0 Å². The van der Waals surface area contributed by atoms with E-state index in [2.05, 4.69) is 57.9 Å². The number of piperidine rings is 1. The number of hydrogen-bond donors (Lipinski definition) is 3. The summed E-state index contributed by atoms with van der Waals surface area (Å²) >= 11 is 0. The van der Waals surface area contributed by atoms with E-state index in [1.165, 1.54) is 5.56 Å². The molecule has 3 aliphatic heterocycles. The van der Waals surface area contributed by atoms with E-state index in [1.54, 1.807) is 0 Å². The number of fused-ring (bicyclic) bond motifs is 1. The summed E-state index contributed by atoms with van der Waals surface area (Å²) in [6, 6.07) is 13.1. The fourth-order valence-corrected chi connectivity index (χ4v) is 3.69. The maximum Gasteiger partial charge on any atom is 0.200 e. The van der Waals surface area contributed by atoms with Gasteiger partial charge in [0, 0.05) is 24.7 Å². The van der Waals surface area contributed by atoms with E-state index in [4.69, 9.17) is 4.98 Å². The van der Waals surface area contributed by atoms with E-state index in [0.717, 1.165) is 55.4 Å². The first kappa shape index (κ1) is 16.1. The Bertz CT molecular complexity index is 782. The molecule has 5 nitrogen and oxygen atoms in total. The zero-order chi connectivity index (χ0) is 17.1. The monoisotopic (exact) mass is 335 g/mol. The molecule has 3 aliphatic rings. The van der Waals surface area contributed by atoms with E-state index in [-0.39, 0.29) is 0 Å². The quantitative estimate of drug-likeness (QED) is 0.661. The van der Waals surface area contributed by atoms with Gasteiger partial charge in [-0.3, -0.25) is 4.98 Å². The van der Waals surface area contributed by atoms with Crippen LogP contribution in [-0.4, -0.2) is 28.0 Å². The highest BCUT2D eigenvalue weighted by Gasteiger charge is 2.28.